The first-order valence-corrected chi connectivity index (χ1v) is 7.22. The van der Waals surface area contributed by atoms with Crippen LogP contribution in [0.25, 0.3) is 0 Å². The summed E-state index contributed by atoms with van der Waals surface area (Å²) >= 11 is 1.71. The molecule has 108 valence electrons. The van der Waals surface area contributed by atoms with Crippen LogP contribution in [0.5, 0.6) is 0 Å². The zero-order valence-electron chi connectivity index (χ0n) is 10.9. The van der Waals surface area contributed by atoms with Gasteiger partial charge < -0.3 is 10.4 Å². The van der Waals surface area contributed by atoms with Gasteiger partial charge in [-0.25, -0.2) is 0 Å². The number of nitrogens with one attached hydrogen (secondary N) is 1. The average molecular weight is 293 g/mol. The number of alkyl halides is 3. The Morgan fingerprint density at radius 3 is 2.26 bits per heavy atom. The van der Waals surface area contributed by atoms with E-state index in [1.165, 1.54) is 12.1 Å². The highest BCUT2D eigenvalue weighted by Crippen LogP contribution is 2.29. The van der Waals surface area contributed by atoms with Gasteiger partial charge in [-0.3, -0.25) is 0 Å². The fraction of sp³-hybridized carbons (Fsp3) is 0.538. The molecule has 0 aliphatic carbocycles. The molecule has 0 aromatic heterocycles. The predicted molar refractivity (Wildman–Crippen MR) is 72.3 cm³/mol. The van der Waals surface area contributed by atoms with Crippen molar-refractivity contribution in [2.45, 2.75) is 24.5 Å². The molecule has 0 fully saturated rings. The summed E-state index contributed by atoms with van der Waals surface area (Å²) in [5, 5.41) is 13.4. The van der Waals surface area contributed by atoms with Gasteiger partial charge in [-0.2, -0.15) is 24.9 Å². The lowest BCUT2D eigenvalue weighted by Crippen LogP contribution is -2.27. The third-order valence-electron chi connectivity index (χ3n) is 2.79. The van der Waals surface area contributed by atoms with Gasteiger partial charge in [0.1, 0.15) is 0 Å². The molecule has 0 saturated carbocycles. The Labute approximate surface area is 115 Å². The second-order valence-corrected chi connectivity index (χ2v) is 5.62. The summed E-state index contributed by atoms with van der Waals surface area (Å²) in [6.45, 7) is 3.14. The van der Waals surface area contributed by atoms with Crippen molar-refractivity contribution >= 4 is 11.8 Å². The molecule has 19 heavy (non-hydrogen) atoms. The summed E-state index contributed by atoms with van der Waals surface area (Å²) in [6.07, 6.45) is -3.13. The summed E-state index contributed by atoms with van der Waals surface area (Å²) in [4.78, 5) is 0. The first-order chi connectivity index (χ1) is 8.84. The van der Waals surface area contributed by atoms with Crippen molar-refractivity contribution in [1.82, 2.24) is 5.32 Å². The Morgan fingerprint density at radius 2 is 1.79 bits per heavy atom. The van der Waals surface area contributed by atoms with E-state index in [2.05, 4.69) is 12.2 Å². The number of halogens is 3. The van der Waals surface area contributed by atoms with E-state index in [1.54, 1.807) is 11.8 Å². The maximum atomic E-state index is 12.4. The highest BCUT2D eigenvalue weighted by atomic mass is 32.2. The van der Waals surface area contributed by atoms with Crippen molar-refractivity contribution in [2.24, 2.45) is 0 Å². The van der Waals surface area contributed by atoms with Gasteiger partial charge in [-0.15, -0.1) is 0 Å². The van der Waals surface area contributed by atoms with Crippen LogP contribution in [-0.4, -0.2) is 29.7 Å². The van der Waals surface area contributed by atoms with E-state index in [1.807, 2.05) is 6.26 Å². The molecule has 0 heterocycles. The smallest absolute Gasteiger partial charge is 0.387 e. The number of aliphatic hydroxyl groups excluding tert-OH is 1. The van der Waals surface area contributed by atoms with E-state index in [9.17, 15) is 18.3 Å². The van der Waals surface area contributed by atoms with Crippen molar-refractivity contribution in [2.75, 3.05) is 19.3 Å². The highest BCUT2D eigenvalue weighted by molar-refractivity contribution is 7.99. The van der Waals surface area contributed by atoms with E-state index in [0.717, 1.165) is 18.7 Å². The van der Waals surface area contributed by atoms with Gasteiger partial charge in [0.2, 0.25) is 0 Å². The third-order valence-corrected chi connectivity index (χ3v) is 3.77. The van der Waals surface area contributed by atoms with Crippen LogP contribution in [-0.2, 0) is 6.18 Å². The van der Waals surface area contributed by atoms with Crippen LogP contribution in [0, 0.1) is 0 Å². The van der Waals surface area contributed by atoms with Gasteiger partial charge in [-0.1, -0.05) is 19.1 Å². The summed E-state index contributed by atoms with van der Waals surface area (Å²) in [7, 11) is 0. The van der Waals surface area contributed by atoms with Crippen LogP contribution >= 0.6 is 11.8 Å². The number of thioether (sulfide) groups is 1. The molecule has 0 amide bonds. The van der Waals surface area contributed by atoms with Crippen LogP contribution in [0.4, 0.5) is 13.2 Å². The minimum Gasteiger partial charge on any atom is -0.387 e. The molecule has 1 aromatic carbocycles. The van der Waals surface area contributed by atoms with Gasteiger partial charge >= 0.3 is 6.18 Å². The zero-order valence-corrected chi connectivity index (χ0v) is 11.7. The summed E-state index contributed by atoms with van der Waals surface area (Å²) in [5.74, 6) is 0. The predicted octanol–water partition coefficient (Wildman–Crippen LogP) is 3.08. The standard InChI is InChI=1S/C13H18F3NOS/c1-9(19-2)7-17-8-12(18)10-3-5-11(6-4-10)13(14,15)16/h3-6,9,12,17-18H,7-8H2,1-2H3. The van der Waals surface area contributed by atoms with E-state index in [0.29, 0.717) is 17.4 Å². The Kier molecular flexibility index (Phi) is 6.16. The van der Waals surface area contributed by atoms with Crippen LogP contribution < -0.4 is 5.32 Å². The molecule has 2 nitrogen and oxygen atoms in total. The second-order valence-electron chi connectivity index (χ2n) is 4.34. The number of hydrogen-bond acceptors (Lipinski definition) is 3. The Morgan fingerprint density at radius 1 is 1.21 bits per heavy atom. The maximum absolute atomic E-state index is 12.4. The van der Waals surface area contributed by atoms with Crippen LogP contribution in [0.3, 0.4) is 0 Å². The Balaban J connectivity index is 2.51. The van der Waals surface area contributed by atoms with E-state index in [4.69, 9.17) is 0 Å². The molecule has 2 unspecified atom stereocenters. The Hall–Kier alpha value is -0.720. The molecule has 2 atom stereocenters. The SMILES string of the molecule is CSC(C)CNCC(O)c1ccc(C(F)(F)F)cc1. The van der Waals surface area contributed by atoms with E-state index < -0.39 is 17.8 Å². The first-order valence-electron chi connectivity index (χ1n) is 5.93. The monoisotopic (exact) mass is 293 g/mol. The minimum atomic E-state index is -4.34. The minimum absolute atomic E-state index is 0.330. The third kappa shape index (κ3) is 5.42. The lowest BCUT2D eigenvalue weighted by atomic mass is 10.1. The zero-order chi connectivity index (χ0) is 14.5. The molecule has 0 bridgehead atoms. The largest absolute Gasteiger partial charge is 0.416 e. The van der Waals surface area contributed by atoms with Crippen molar-refractivity contribution in [3.05, 3.63) is 35.4 Å². The number of benzene rings is 1. The quantitative estimate of drug-likeness (QED) is 0.845. The second kappa shape index (κ2) is 7.17. The van der Waals surface area contributed by atoms with Gasteiger partial charge in [0, 0.05) is 18.3 Å². The number of hydrogen-bond donors (Lipinski definition) is 2. The van der Waals surface area contributed by atoms with Gasteiger partial charge in [-0.05, 0) is 24.0 Å². The molecule has 0 spiro atoms. The molecule has 6 heteroatoms. The fourth-order valence-electron chi connectivity index (χ4n) is 1.52. The van der Waals surface area contributed by atoms with Gasteiger partial charge in [0.15, 0.2) is 0 Å². The lowest BCUT2D eigenvalue weighted by Gasteiger charge is -2.15. The number of aliphatic hydroxyl groups is 1. The molecule has 0 saturated heterocycles. The summed E-state index contributed by atoms with van der Waals surface area (Å²) in [6, 6.07) is 4.60. The van der Waals surface area contributed by atoms with Crippen molar-refractivity contribution in [3.63, 3.8) is 0 Å². The average Bonchev–Trinajstić information content (AvgIpc) is 2.37. The molecule has 0 aliphatic heterocycles. The molecular weight excluding hydrogens is 275 g/mol. The lowest BCUT2D eigenvalue weighted by molar-refractivity contribution is -0.137. The molecular formula is C13H18F3NOS. The molecule has 2 N–H and O–H groups in total. The molecule has 0 radical (unpaired) electrons. The molecule has 1 rings (SSSR count). The van der Waals surface area contributed by atoms with Crippen LogP contribution in [0.2, 0.25) is 0 Å². The van der Waals surface area contributed by atoms with Crippen molar-refractivity contribution in [1.29, 1.82) is 0 Å². The highest BCUT2D eigenvalue weighted by Gasteiger charge is 2.30. The topological polar surface area (TPSA) is 32.3 Å². The van der Waals surface area contributed by atoms with E-state index in [-0.39, 0.29) is 0 Å². The normalized spacial score (nSPS) is 15.3. The van der Waals surface area contributed by atoms with E-state index >= 15 is 0 Å². The van der Waals surface area contributed by atoms with Crippen LogP contribution in [0.1, 0.15) is 24.2 Å². The fourth-order valence-corrected chi connectivity index (χ4v) is 1.80. The van der Waals surface area contributed by atoms with Crippen molar-refractivity contribution < 1.29 is 18.3 Å². The number of rotatable bonds is 6. The summed E-state index contributed by atoms with van der Waals surface area (Å²) in [5.41, 5.74) is -0.218. The summed E-state index contributed by atoms with van der Waals surface area (Å²) < 4.78 is 37.1. The van der Waals surface area contributed by atoms with Gasteiger partial charge in [0.05, 0.1) is 11.7 Å². The maximum Gasteiger partial charge on any atom is 0.416 e. The first kappa shape index (κ1) is 16.3. The Bertz CT molecular complexity index is 380. The van der Waals surface area contributed by atoms with Crippen LogP contribution in [0.15, 0.2) is 24.3 Å². The van der Waals surface area contributed by atoms with Gasteiger partial charge in [0.25, 0.3) is 0 Å². The molecule has 1 aromatic rings. The molecule has 0 aliphatic rings. The van der Waals surface area contributed by atoms with Crippen molar-refractivity contribution in [3.8, 4) is 0 Å².